The lowest BCUT2D eigenvalue weighted by Crippen LogP contribution is -2.49. The molecule has 142 valence electrons. The SMILES string of the molecule is O=C(O)C1CCN(C(=O)NCC2(c3c(F)cccc3F)CCCC2)CC1. The van der Waals surface area contributed by atoms with Gasteiger partial charge in [0.1, 0.15) is 11.6 Å². The van der Waals surface area contributed by atoms with Crippen LogP contribution in [0.15, 0.2) is 18.2 Å². The molecule has 0 aromatic heterocycles. The standard InChI is InChI=1S/C19H24F2N2O3/c20-14-4-3-5-15(21)16(14)19(8-1-2-9-19)12-22-18(26)23-10-6-13(7-11-23)17(24)25/h3-5,13H,1-2,6-12H2,(H,22,26)(H,24,25). The van der Waals surface area contributed by atoms with Gasteiger partial charge in [-0.2, -0.15) is 0 Å². The molecule has 2 N–H and O–H groups in total. The van der Waals surface area contributed by atoms with Crippen LogP contribution < -0.4 is 5.32 Å². The number of halogens is 2. The number of carboxylic acids is 1. The third-order valence-electron chi connectivity index (χ3n) is 5.76. The second-order valence-electron chi connectivity index (χ2n) is 7.34. The zero-order valence-electron chi connectivity index (χ0n) is 14.6. The highest BCUT2D eigenvalue weighted by atomic mass is 19.1. The van der Waals surface area contributed by atoms with Crippen molar-refractivity contribution in [3.05, 3.63) is 35.4 Å². The predicted octanol–water partition coefficient (Wildman–Crippen LogP) is 3.28. The molecule has 1 aliphatic carbocycles. The Morgan fingerprint density at radius 3 is 2.27 bits per heavy atom. The normalized spacial score (nSPS) is 20.2. The largest absolute Gasteiger partial charge is 0.481 e. The second kappa shape index (κ2) is 7.60. The van der Waals surface area contributed by atoms with Gasteiger partial charge in [-0.1, -0.05) is 18.9 Å². The number of nitrogens with zero attached hydrogens (tertiary/aromatic N) is 1. The van der Waals surface area contributed by atoms with Crippen molar-refractivity contribution in [3.63, 3.8) is 0 Å². The average molecular weight is 366 g/mol. The highest BCUT2D eigenvalue weighted by Gasteiger charge is 2.40. The van der Waals surface area contributed by atoms with E-state index in [0.29, 0.717) is 38.8 Å². The maximum atomic E-state index is 14.3. The molecular formula is C19H24F2N2O3. The van der Waals surface area contributed by atoms with E-state index in [1.807, 2.05) is 0 Å². The van der Waals surface area contributed by atoms with Crippen molar-refractivity contribution < 1.29 is 23.5 Å². The van der Waals surface area contributed by atoms with E-state index in [4.69, 9.17) is 5.11 Å². The van der Waals surface area contributed by atoms with Gasteiger partial charge in [0, 0.05) is 30.6 Å². The number of urea groups is 1. The zero-order chi connectivity index (χ0) is 18.7. The van der Waals surface area contributed by atoms with Gasteiger partial charge in [-0.05, 0) is 37.8 Å². The molecule has 1 heterocycles. The Morgan fingerprint density at radius 1 is 1.15 bits per heavy atom. The molecule has 1 aromatic carbocycles. The van der Waals surface area contributed by atoms with Crippen LogP contribution in [0.5, 0.6) is 0 Å². The quantitative estimate of drug-likeness (QED) is 0.859. The number of carbonyl (C=O) groups is 2. The number of likely N-dealkylation sites (tertiary alicyclic amines) is 1. The first-order valence-electron chi connectivity index (χ1n) is 9.13. The van der Waals surface area contributed by atoms with Gasteiger partial charge < -0.3 is 15.3 Å². The Hall–Kier alpha value is -2.18. The summed E-state index contributed by atoms with van der Waals surface area (Å²) in [5.74, 6) is -2.37. The van der Waals surface area contributed by atoms with E-state index in [9.17, 15) is 18.4 Å². The van der Waals surface area contributed by atoms with Crippen molar-refractivity contribution in [3.8, 4) is 0 Å². The molecule has 7 heteroatoms. The summed E-state index contributed by atoms with van der Waals surface area (Å²) in [6, 6.07) is 3.58. The Morgan fingerprint density at radius 2 is 1.73 bits per heavy atom. The summed E-state index contributed by atoms with van der Waals surface area (Å²) in [6.45, 7) is 0.941. The first-order chi connectivity index (χ1) is 12.4. The van der Waals surface area contributed by atoms with E-state index in [1.54, 1.807) is 4.90 Å². The Bertz CT molecular complexity index is 661. The number of rotatable bonds is 4. The van der Waals surface area contributed by atoms with Crippen LogP contribution in [0.3, 0.4) is 0 Å². The number of hydrogen-bond donors (Lipinski definition) is 2. The fourth-order valence-corrected chi connectivity index (χ4v) is 4.26. The Balaban J connectivity index is 1.67. The third kappa shape index (κ3) is 3.66. The van der Waals surface area contributed by atoms with Gasteiger partial charge in [0.15, 0.2) is 0 Å². The molecule has 0 bridgehead atoms. The lowest BCUT2D eigenvalue weighted by atomic mass is 9.78. The number of hydrogen-bond acceptors (Lipinski definition) is 2. The van der Waals surface area contributed by atoms with Crippen molar-refractivity contribution in [1.82, 2.24) is 10.2 Å². The van der Waals surface area contributed by atoms with E-state index in [2.05, 4.69) is 5.32 Å². The number of benzene rings is 1. The van der Waals surface area contributed by atoms with E-state index in [1.165, 1.54) is 18.2 Å². The number of amides is 2. The number of carbonyl (C=O) groups excluding carboxylic acids is 1. The van der Waals surface area contributed by atoms with Gasteiger partial charge in [-0.25, -0.2) is 13.6 Å². The second-order valence-corrected chi connectivity index (χ2v) is 7.34. The minimum Gasteiger partial charge on any atom is -0.481 e. The number of piperidine rings is 1. The van der Waals surface area contributed by atoms with Crippen molar-refractivity contribution in [2.45, 2.75) is 43.9 Å². The smallest absolute Gasteiger partial charge is 0.317 e. The van der Waals surface area contributed by atoms with Crippen LogP contribution in [0.25, 0.3) is 0 Å². The molecule has 0 radical (unpaired) electrons. The van der Waals surface area contributed by atoms with Crippen LogP contribution in [0.4, 0.5) is 13.6 Å². The van der Waals surface area contributed by atoms with Crippen LogP contribution in [0.2, 0.25) is 0 Å². The topological polar surface area (TPSA) is 69.6 Å². The minimum absolute atomic E-state index is 0.0717. The molecule has 0 spiro atoms. The average Bonchev–Trinajstić information content (AvgIpc) is 3.09. The fraction of sp³-hybridized carbons (Fsp3) is 0.579. The Labute approximate surface area is 151 Å². The summed E-state index contributed by atoms with van der Waals surface area (Å²) in [4.78, 5) is 25.0. The summed E-state index contributed by atoms with van der Waals surface area (Å²) in [6.07, 6.45) is 3.85. The van der Waals surface area contributed by atoms with Crippen molar-refractivity contribution >= 4 is 12.0 Å². The molecule has 2 amide bonds. The highest BCUT2D eigenvalue weighted by molar-refractivity contribution is 5.75. The zero-order valence-corrected chi connectivity index (χ0v) is 14.6. The molecule has 5 nitrogen and oxygen atoms in total. The summed E-state index contributed by atoms with van der Waals surface area (Å²) in [5, 5.41) is 11.9. The molecule has 3 rings (SSSR count). The molecule has 1 saturated heterocycles. The summed E-state index contributed by atoms with van der Waals surface area (Å²) in [7, 11) is 0. The van der Waals surface area contributed by atoms with Crippen LogP contribution in [-0.4, -0.2) is 41.6 Å². The molecule has 0 atom stereocenters. The molecule has 2 aliphatic rings. The van der Waals surface area contributed by atoms with E-state index < -0.39 is 28.9 Å². The van der Waals surface area contributed by atoms with E-state index in [-0.39, 0.29) is 18.1 Å². The van der Waals surface area contributed by atoms with Crippen LogP contribution >= 0.6 is 0 Å². The molecule has 1 aromatic rings. The van der Waals surface area contributed by atoms with E-state index >= 15 is 0 Å². The third-order valence-corrected chi connectivity index (χ3v) is 5.76. The molecule has 0 unspecified atom stereocenters. The van der Waals surface area contributed by atoms with Crippen molar-refractivity contribution in [2.75, 3.05) is 19.6 Å². The molecule has 26 heavy (non-hydrogen) atoms. The molecular weight excluding hydrogens is 342 g/mol. The first-order valence-corrected chi connectivity index (χ1v) is 9.13. The monoisotopic (exact) mass is 366 g/mol. The minimum atomic E-state index is -0.829. The van der Waals surface area contributed by atoms with Gasteiger partial charge in [-0.15, -0.1) is 0 Å². The van der Waals surface area contributed by atoms with Gasteiger partial charge >= 0.3 is 12.0 Å². The number of nitrogens with one attached hydrogen (secondary N) is 1. The van der Waals surface area contributed by atoms with Crippen molar-refractivity contribution in [1.29, 1.82) is 0 Å². The van der Waals surface area contributed by atoms with Gasteiger partial charge in [0.05, 0.1) is 5.92 Å². The van der Waals surface area contributed by atoms with Gasteiger partial charge in [-0.3, -0.25) is 4.79 Å². The lowest BCUT2D eigenvalue weighted by Gasteiger charge is -2.34. The van der Waals surface area contributed by atoms with Gasteiger partial charge in [0.2, 0.25) is 0 Å². The molecule has 2 fully saturated rings. The lowest BCUT2D eigenvalue weighted by molar-refractivity contribution is -0.143. The van der Waals surface area contributed by atoms with Crippen LogP contribution in [0, 0.1) is 17.6 Å². The predicted molar refractivity (Wildman–Crippen MR) is 91.8 cm³/mol. The molecule has 1 saturated carbocycles. The van der Waals surface area contributed by atoms with Crippen LogP contribution in [-0.2, 0) is 10.2 Å². The number of carboxylic acid groups (broad SMARTS) is 1. The Kier molecular flexibility index (Phi) is 5.44. The maximum Gasteiger partial charge on any atom is 0.317 e. The fourth-order valence-electron chi connectivity index (χ4n) is 4.26. The van der Waals surface area contributed by atoms with Gasteiger partial charge in [0.25, 0.3) is 0 Å². The van der Waals surface area contributed by atoms with E-state index in [0.717, 1.165) is 12.8 Å². The maximum absolute atomic E-state index is 14.3. The summed E-state index contributed by atoms with van der Waals surface area (Å²) < 4.78 is 28.7. The van der Waals surface area contributed by atoms with Crippen LogP contribution in [0.1, 0.15) is 44.1 Å². The number of aliphatic carboxylic acids is 1. The summed E-state index contributed by atoms with van der Waals surface area (Å²) >= 11 is 0. The highest BCUT2D eigenvalue weighted by Crippen LogP contribution is 2.42. The van der Waals surface area contributed by atoms with Crippen molar-refractivity contribution in [2.24, 2.45) is 5.92 Å². The first kappa shape index (κ1) is 18.6. The summed E-state index contributed by atoms with van der Waals surface area (Å²) in [5.41, 5.74) is -0.646. The molecule has 1 aliphatic heterocycles.